The lowest BCUT2D eigenvalue weighted by molar-refractivity contribution is -0.151. The standard InChI is InChI=1S/C39H56O4Si/c1-27-19-21-37(6,29(23-27)25-41-28(2)40)33-20-22-38(7)34(24-35-39(38,8)43-35)32(33)26-42-44(36(3,4)5,30-15-11-9-12-16-30)31-17-13-10-14-18-31/h9-18,27,29,32-35H,19-26H2,1-8H3/t27-,29+,32+,33-,34-,35+,37-,38-,39+/m0/s1. The third-order valence-corrected chi connectivity index (χ3v) is 18.4. The Hall–Kier alpha value is -1.95. The largest absolute Gasteiger partial charge is 0.466 e. The molecule has 0 bridgehead atoms. The van der Waals surface area contributed by atoms with Crippen LogP contribution in [0.4, 0.5) is 0 Å². The van der Waals surface area contributed by atoms with Gasteiger partial charge in [-0.2, -0.15) is 0 Å². The third-order valence-electron chi connectivity index (χ3n) is 13.4. The van der Waals surface area contributed by atoms with Gasteiger partial charge in [-0.15, -0.1) is 0 Å². The molecule has 5 heteroatoms. The van der Waals surface area contributed by atoms with Gasteiger partial charge in [-0.05, 0) is 89.4 Å². The summed E-state index contributed by atoms with van der Waals surface area (Å²) in [6, 6.07) is 22.2. The Bertz CT molecular complexity index is 1280. The van der Waals surface area contributed by atoms with Crippen LogP contribution in [0.2, 0.25) is 5.04 Å². The monoisotopic (exact) mass is 616 g/mol. The second-order valence-corrected chi connectivity index (χ2v) is 20.9. The van der Waals surface area contributed by atoms with E-state index in [2.05, 4.69) is 109 Å². The summed E-state index contributed by atoms with van der Waals surface area (Å²) in [5, 5.41) is 2.64. The maximum atomic E-state index is 12.0. The van der Waals surface area contributed by atoms with E-state index in [0.29, 0.717) is 42.3 Å². The molecule has 0 N–H and O–H groups in total. The molecule has 1 aliphatic heterocycles. The second kappa shape index (κ2) is 11.4. The van der Waals surface area contributed by atoms with Crippen molar-refractivity contribution in [2.75, 3.05) is 13.2 Å². The Morgan fingerprint density at radius 2 is 1.50 bits per heavy atom. The van der Waals surface area contributed by atoms with E-state index in [1.165, 1.54) is 36.1 Å². The Labute approximate surface area is 267 Å². The highest BCUT2D eigenvalue weighted by Crippen LogP contribution is 2.71. The predicted molar refractivity (Wildman–Crippen MR) is 181 cm³/mol. The van der Waals surface area contributed by atoms with Crippen molar-refractivity contribution in [3.63, 3.8) is 0 Å². The van der Waals surface area contributed by atoms with Crippen molar-refractivity contribution in [1.82, 2.24) is 0 Å². The van der Waals surface area contributed by atoms with Crippen LogP contribution in [-0.4, -0.2) is 39.2 Å². The summed E-state index contributed by atoms with van der Waals surface area (Å²) < 4.78 is 20.0. The number of ether oxygens (including phenoxy) is 2. The molecule has 1 saturated heterocycles. The van der Waals surface area contributed by atoms with Crippen molar-refractivity contribution in [2.45, 2.75) is 111 Å². The maximum absolute atomic E-state index is 12.0. The van der Waals surface area contributed by atoms with E-state index in [-0.39, 0.29) is 27.4 Å². The molecule has 0 unspecified atom stereocenters. The first kappa shape index (κ1) is 32.0. The third kappa shape index (κ3) is 5.04. The number of fused-ring (bicyclic) bond motifs is 3. The lowest BCUT2D eigenvalue weighted by atomic mass is 9.48. The van der Waals surface area contributed by atoms with Gasteiger partial charge < -0.3 is 13.9 Å². The van der Waals surface area contributed by atoms with Gasteiger partial charge in [0.1, 0.15) is 0 Å². The van der Waals surface area contributed by atoms with Crippen molar-refractivity contribution in [3.8, 4) is 0 Å². The molecule has 2 aromatic carbocycles. The van der Waals surface area contributed by atoms with Gasteiger partial charge in [0.2, 0.25) is 0 Å². The number of carbonyl (C=O) groups excluding carboxylic acids is 1. The van der Waals surface area contributed by atoms with Crippen molar-refractivity contribution in [3.05, 3.63) is 60.7 Å². The number of epoxide rings is 1. The van der Waals surface area contributed by atoms with Crippen LogP contribution < -0.4 is 10.4 Å². The summed E-state index contributed by atoms with van der Waals surface area (Å²) in [7, 11) is -2.69. The molecule has 0 radical (unpaired) electrons. The molecule has 240 valence electrons. The van der Waals surface area contributed by atoms with Gasteiger partial charge in [-0.3, -0.25) is 4.79 Å². The summed E-state index contributed by atoms with van der Waals surface area (Å²) in [5.41, 5.74) is 0.270. The van der Waals surface area contributed by atoms with Gasteiger partial charge in [-0.25, -0.2) is 0 Å². The zero-order chi connectivity index (χ0) is 31.5. The smallest absolute Gasteiger partial charge is 0.302 e. The Kier molecular flexibility index (Phi) is 8.28. The summed E-state index contributed by atoms with van der Waals surface area (Å²) >= 11 is 0. The summed E-state index contributed by atoms with van der Waals surface area (Å²) in [5.74, 6) is 2.40. The van der Waals surface area contributed by atoms with Crippen LogP contribution in [0.15, 0.2) is 60.7 Å². The maximum Gasteiger partial charge on any atom is 0.302 e. The zero-order valence-electron chi connectivity index (χ0n) is 28.5. The molecule has 3 saturated carbocycles. The number of carbonyl (C=O) groups is 1. The number of benzene rings is 2. The van der Waals surface area contributed by atoms with Gasteiger partial charge in [0.15, 0.2) is 0 Å². The highest BCUT2D eigenvalue weighted by atomic mass is 28.4. The van der Waals surface area contributed by atoms with Crippen LogP contribution in [0.1, 0.15) is 93.9 Å². The molecule has 9 atom stereocenters. The number of rotatable bonds is 8. The van der Waals surface area contributed by atoms with Gasteiger partial charge in [0.05, 0.1) is 18.3 Å². The van der Waals surface area contributed by atoms with Crippen LogP contribution in [0.3, 0.4) is 0 Å². The number of esters is 1. The summed E-state index contributed by atoms with van der Waals surface area (Å²) in [6.45, 7) is 19.9. The van der Waals surface area contributed by atoms with E-state index in [1.807, 2.05) is 0 Å². The van der Waals surface area contributed by atoms with Crippen molar-refractivity contribution in [2.24, 2.45) is 40.4 Å². The van der Waals surface area contributed by atoms with Crippen LogP contribution in [0, 0.1) is 40.4 Å². The van der Waals surface area contributed by atoms with Crippen molar-refractivity contribution < 1.29 is 18.7 Å². The van der Waals surface area contributed by atoms with Crippen LogP contribution in [-0.2, 0) is 18.7 Å². The fraction of sp³-hybridized carbons (Fsp3) is 0.667. The SMILES string of the molecule is CC(=O)OC[C@H]1C[C@@H](C)CC[C@]1(C)[C@H]1CC[C@@]2(C)[C@@H](C[C@H]3O[C@]32C)[C@@H]1CO[Si](c1ccccc1)(c1ccccc1)C(C)(C)C. The van der Waals surface area contributed by atoms with Gasteiger partial charge in [0, 0.05) is 18.9 Å². The quantitative estimate of drug-likeness (QED) is 0.173. The molecule has 4 aliphatic rings. The van der Waals surface area contributed by atoms with E-state index in [4.69, 9.17) is 13.9 Å². The van der Waals surface area contributed by atoms with Crippen LogP contribution in [0.5, 0.6) is 0 Å². The minimum atomic E-state index is -2.69. The Balaban J connectivity index is 1.42. The predicted octanol–water partition coefficient (Wildman–Crippen LogP) is 7.78. The molecular weight excluding hydrogens is 561 g/mol. The molecule has 44 heavy (non-hydrogen) atoms. The van der Waals surface area contributed by atoms with E-state index in [0.717, 1.165) is 19.4 Å². The van der Waals surface area contributed by atoms with E-state index in [9.17, 15) is 4.79 Å². The van der Waals surface area contributed by atoms with E-state index in [1.54, 1.807) is 6.92 Å². The molecule has 3 aliphatic carbocycles. The zero-order valence-corrected chi connectivity index (χ0v) is 29.5. The summed E-state index contributed by atoms with van der Waals surface area (Å²) in [6.07, 6.45) is 7.49. The lowest BCUT2D eigenvalue weighted by Crippen LogP contribution is -2.67. The van der Waals surface area contributed by atoms with Crippen molar-refractivity contribution in [1.29, 1.82) is 0 Å². The topological polar surface area (TPSA) is 48.1 Å². The van der Waals surface area contributed by atoms with Crippen LogP contribution >= 0.6 is 0 Å². The molecule has 2 aromatic rings. The molecule has 1 heterocycles. The number of hydrogen-bond acceptors (Lipinski definition) is 4. The lowest BCUT2D eigenvalue weighted by Gasteiger charge is -2.58. The molecule has 0 aromatic heterocycles. The van der Waals surface area contributed by atoms with E-state index >= 15 is 0 Å². The highest BCUT2D eigenvalue weighted by molar-refractivity contribution is 6.99. The number of hydrogen-bond donors (Lipinski definition) is 0. The highest BCUT2D eigenvalue weighted by Gasteiger charge is 2.74. The average molecular weight is 617 g/mol. The van der Waals surface area contributed by atoms with E-state index < -0.39 is 8.32 Å². The first-order chi connectivity index (χ1) is 20.8. The molecule has 0 amide bonds. The molecule has 6 rings (SSSR count). The first-order valence-electron chi connectivity index (χ1n) is 17.3. The van der Waals surface area contributed by atoms with Gasteiger partial charge in [-0.1, -0.05) is 109 Å². The summed E-state index contributed by atoms with van der Waals surface area (Å²) in [4.78, 5) is 12.0. The fourth-order valence-corrected chi connectivity index (χ4v) is 15.2. The Morgan fingerprint density at radius 1 is 0.886 bits per heavy atom. The van der Waals surface area contributed by atoms with Gasteiger partial charge >= 0.3 is 5.97 Å². The molecule has 0 spiro atoms. The first-order valence-corrected chi connectivity index (χ1v) is 19.2. The molecular formula is C39H56O4Si. The fourth-order valence-electron chi connectivity index (χ4n) is 10.6. The minimum Gasteiger partial charge on any atom is -0.466 e. The normalized spacial score (nSPS) is 38.5. The minimum absolute atomic E-state index is 0.00256. The van der Waals surface area contributed by atoms with Crippen molar-refractivity contribution >= 4 is 24.7 Å². The average Bonchev–Trinajstić information content (AvgIpc) is 3.60. The molecule has 4 fully saturated rings. The van der Waals surface area contributed by atoms with Crippen LogP contribution in [0.25, 0.3) is 0 Å². The van der Waals surface area contributed by atoms with Gasteiger partial charge in [0.25, 0.3) is 8.32 Å². The second-order valence-electron chi connectivity index (χ2n) is 16.6. The molecule has 4 nitrogen and oxygen atoms in total. The Morgan fingerprint density at radius 3 is 2.07 bits per heavy atom.